The van der Waals surface area contributed by atoms with Gasteiger partial charge < -0.3 is 0 Å². The molecule has 2 atom stereocenters. The van der Waals surface area contributed by atoms with Crippen LogP contribution in [0.25, 0.3) is 27.1 Å². The Kier molecular flexibility index (Phi) is 4.43. The van der Waals surface area contributed by atoms with Crippen molar-refractivity contribution in [1.82, 2.24) is 4.90 Å². The van der Waals surface area contributed by atoms with Gasteiger partial charge >= 0.3 is 0 Å². The van der Waals surface area contributed by atoms with Gasteiger partial charge in [0.1, 0.15) is 0 Å². The molecule has 2 unspecified atom stereocenters. The topological polar surface area (TPSA) is 3.24 Å². The van der Waals surface area contributed by atoms with Crippen molar-refractivity contribution >= 4 is 27.1 Å². The van der Waals surface area contributed by atoms with Gasteiger partial charge in [-0.15, -0.1) is 0 Å². The molecule has 1 heteroatoms. The van der Waals surface area contributed by atoms with Crippen LogP contribution >= 0.6 is 0 Å². The quantitative estimate of drug-likeness (QED) is 0.335. The number of piperidine rings is 1. The van der Waals surface area contributed by atoms with Crippen LogP contribution in [0.5, 0.6) is 0 Å². The zero-order valence-corrected chi connectivity index (χ0v) is 17.3. The zero-order valence-electron chi connectivity index (χ0n) is 17.3. The summed E-state index contributed by atoms with van der Waals surface area (Å²) in [5.74, 6) is 0. The second-order valence-corrected chi connectivity index (χ2v) is 8.90. The summed E-state index contributed by atoms with van der Waals surface area (Å²) < 4.78 is 0. The van der Waals surface area contributed by atoms with Crippen LogP contribution in [-0.4, -0.2) is 17.0 Å². The summed E-state index contributed by atoms with van der Waals surface area (Å²) in [6.45, 7) is 1.07. The van der Waals surface area contributed by atoms with Gasteiger partial charge in [-0.3, -0.25) is 4.90 Å². The van der Waals surface area contributed by atoms with Crippen LogP contribution in [0.15, 0.2) is 91.0 Å². The zero-order chi connectivity index (χ0) is 19.9. The number of benzene rings is 4. The third-order valence-electron chi connectivity index (χ3n) is 7.10. The average Bonchev–Trinajstić information content (AvgIpc) is 2.79. The lowest BCUT2D eigenvalue weighted by atomic mass is 9.81. The Morgan fingerprint density at radius 1 is 0.733 bits per heavy atom. The molecule has 0 aromatic heterocycles. The van der Waals surface area contributed by atoms with Crippen LogP contribution in [0.1, 0.15) is 36.8 Å². The van der Waals surface area contributed by atoms with Crippen molar-refractivity contribution < 1.29 is 0 Å². The maximum absolute atomic E-state index is 2.76. The number of hydrogen-bond acceptors (Lipinski definition) is 1. The van der Waals surface area contributed by atoms with E-state index < -0.39 is 0 Å². The third-order valence-corrected chi connectivity index (χ3v) is 7.10. The highest BCUT2D eigenvalue weighted by molar-refractivity contribution is 6.11. The predicted octanol–water partition coefficient (Wildman–Crippen LogP) is 7.20. The Hall–Kier alpha value is -2.90. The first-order valence-corrected chi connectivity index (χ1v) is 11.3. The molecule has 30 heavy (non-hydrogen) atoms. The van der Waals surface area contributed by atoms with E-state index in [1.165, 1.54) is 51.9 Å². The summed E-state index contributed by atoms with van der Waals surface area (Å²) >= 11 is 0. The molecule has 2 heterocycles. The number of nitrogens with zero attached hydrogens (tertiary/aromatic N) is 1. The molecule has 1 saturated heterocycles. The van der Waals surface area contributed by atoms with Crippen molar-refractivity contribution in [2.24, 2.45) is 0 Å². The highest BCUT2D eigenvalue weighted by Gasteiger charge is 2.34. The first kappa shape index (κ1) is 17.9. The normalized spacial score (nSPS) is 21.7. The van der Waals surface area contributed by atoms with E-state index in [2.05, 4.69) is 95.9 Å². The van der Waals surface area contributed by atoms with Gasteiger partial charge in [0, 0.05) is 18.6 Å². The van der Waals surface area contributed by atoms with Gasteiger partial charge in [-0.2, -0.15) is 0 Å². The molecule has 2 aliphatic rings. The average molecular weight is 390 g/mol. The third kappa shape index (κ3) is 3.05. The second kappa shape index (κ2) is 7.41. The van der Waals surface area contributed by atoms with E-state index in [0.29, 0.717) is 12.1 Å². The highest BCUT2D eigenvalue weighted by atomic mass is 15.2. The first-order chi connectivity index (χ1) is 14.9. The molecule has 0 aliphatic carbocycles. The van der Waals surface area contributed by atoms with Gasteiger partial charge in [-0.05, 0) is 63.6 Å². The fraction of sp³-hybridized carbons (Fsp3) is 0.241. The molecule has 0 N–H and O–H groups in total. The molecule has 6 rings (SSSR count). The summed E-state index contributed by atoms with van der Waals surface area (Å²) in [7, 11) is 0. The molecule has 148 valence electrons. The standard InChI is InChI=1S/C29H27N/c1-2-9-21(10-3-1)20-30-24-12-8-13-25(30)18-23(17-24)29-19-22-11-4-5-14-26(22)27-15-6-7-16-28(27)29/h1-7,9-11,14-17,19,24-25H,8,12-13,18,20H2. The molecular formula is C29H27N. The molecular weight excluding hydrogens is 362 g/mol. The van der Waals surface area contributed by atoms with Crippen LogP contribution in [0, 0.1) is 0 Å². The van der Waals surface area contributed by atoms with Gasteiger partial charge in [0.2, 0.25) is 0 Å². The van der Waals surface area contributed by atoms with Gasteiger partial charge in [-0.1, -0.05) is 91.4 Å². The SMILES string of the molecule is C1=C(c2cc3ccccc3c3ccccc23)CC2CCCC1N2Cc1ccccc1. The Labute approximate surface area is 178 Å². The summed E-state index contributed by atoms with van der Waals surface area (Å²) in [6.07, 6.45) is 7.69. The smallest absolute Gasteiger partial charge is 0.0290 e. The van der Waals surface area contributed by atoms with Crippen LogP contribution in [0.2, 0.25) is 0 Å². The molecule has 0 spiro atoms. The van der Waals surface area contributed by atoms with Crippen molar-refractivity contribution in [2.45, 2.75) is 44.3 Å². The van der Waals surface area contributed by atoms with Crippen LogP contribution in [-0.2, 0) is 6.54 Å². The Balaban J connectivity index is 1.45. The van der Waals surface area contributed by atoms with Crippen LogP contribution in [0.3, 0.4) is 0 Å². The Morgan fingerprint density at radius 3 is 2.30 bits per heavy atom. The number of hydrogen-bond donors (Lipinski definition) is 0. The van der Waals surface area contributed by atoms with E-state index in [0.717, 1.165) is 13.0 Å². The fourth-order valence-electron chi connectivity index (χ4n) is 5.68. The molecule has 4 aromatic rings. The molecule has 2 bridgehead atoms. The lowest BCUT2D eigenvalue weighted by Crippen LogP contribution is -2.47. The van der Waals surface area contributed by atoms with E-state index in [-0.39, 0.29) is 0 Å². The highest BCUT2D eigenvalue weighted by Crippen LogP contribution is 2.41. The van der Waals surface area contributed by atoms with E-state index in [9.17, 15) is 0 Å². The molecule has 0 radical (unpaired) electrons. The van der Waals surface area contributed by atoms with Crippen LogP contribution in [0.4, 0.5) is 0 Å². The van der Waals surface area contributed by atoms with E-state index in [4.69, 9.17) is 0 Å². The monoisotopic (exact) mass is 389 g/mol. The molecule has 1 fully saturated rings. The molecule has 1 nitrogen and oxygen atoms in total. The lowest BCUT2D eigenvalue weighted by Gasteiger charge is -2.45. The molecule has 2 aliphatic heterocycles. The van der Waals surface area contributed by atoms with Crippen molar-refractivity contribution in [3.63, 3.8) is 0 Å². The van der Waals surface area contributed by atoms with Gasteiger partial charge in [0.15, 0.2) is 0 Å². The van der Waals surface area contributed by atoms with Crippen molar-refractivity contribution in [1.29, 1.82) is 0 Å². The molecule has 0 saturated carbocycles. The van der Waals surface area contributed by atoms with E-state index in [1.807, 2.05) is 0 Å². The largest absolute Gasteiger partial charge is 0.289 e. The van der Waals surface area contributed by atoms with Crippen molar-refractivity contribution in [2.75, 3.05) is 0 Å². The molecule has 0 amide bonds. The maximum Gasteiger partial charge on any atom is 0.0290 e. The maximum atomic E-state index is 2.76. The molecule has 4 aromatic carbocycles. The Bertz CT molecular complexity index is 1240. The van der Waals surface area contributed by atoms with E-state index in [1.54, 1.807) is 5.57 Å². The lowest BCUT2D eigenvalue weighted by molar-refractivity contribution is 0.0951. The number of fused-ring (bicyclic) bond motifs is 5. The van der Waals surface area contributed by atoms with Gasteiger partial charge in [0.25, 0.3) is 0 Å². The first-order valence-electron chi connectivity index (χ1n) is 11.3. The van der Waals surface area contributed by atoms with Crippen molar-refractivity contribution in [3.8, 4) is 0 Å². The minimum Gasteiger partial charge on any atom is -0.289 e. The van der Waals surface area contributed by atoms with Crippen LogP contribution < -0.4 is 0 Å². The predicted molar refractivity (Wildman–Crippen MR) is 127 cm³/mol. The minimum atomic E-state index is 0.554. The summed E-state index contributed by atoms with van der Waals surface area (Å²) in [4.78, 5) is 2.76. The number of rotatable bonds is 3. The summed E-state index contributed by atoms with van der Waals surface area (Å²) in [6, 6.07) is 32.4. The minimum absolute atomic E-state index is 0.554. The van der Waals surface area contributed by atoms with Gasteiger partial charge in [-0.25, -0.2) is 0 Å². The summed E-state index contributed by atoms with van der Waals surface area (Å²) in [5.41, 5.74) is 4.43. The second-order valence-electron chi connectivity index (χ2n) is 8.90. The van der Waals surface area contributed by atoms with Crippen molar-refractivity contribution in [3.05, 3.63) is 102 Å². The van der Waals surface area contributed by atoms with E-state index >= 15 is 0 Å². The fourth-order valence-corrected chi connectivity index (χ4v) is 5.68. The van der Waals surface area contributed by atoms with Gasteiger partial charge in [0.05, 0.1) is 0 Å². The Morgan fingerprint density at radius 2 is 1.47 bits per heavy atom. The summed E-state index contributed by atoms with van der Waals surface area (Å²) in [5, 5.41) is 5.49.